The van der Waals surface area contributed by atoms with Crippen LogP contribution in [0.2, 0.25) is 0 Å². The predicted octanol–water partition coefficient (Wildman–Crippen LogP) is 2.81. The molecule has 2 rings (SSSR count). The van der Waals surface area contributed by atoms with Crippen LogP contribution in [-0.4, -0.2) is 48.3 Å². The molecule has 2 aromatic rings. The molecule has 1 heterocycles. The lowest BCUT2D eigenvalue weighted by Gasteiger charge is -2.13. The largest absolute Gasteiger partial charge is 0.482 e. The number of rotatable bonds is 8. The molecule has 0 aliphatic carbocycles. The van der Waals surface area contributed by atoms with Gasteiger partial charge in [0.1, 0.15) is 5.75 Å². The topological polar surface area (TPSA) is 112 Å². The number of hydrogen-bond donors (Lipinski definition) is 1. The van der Waals surface area contributed by atoms with Crippen LogP contribution >= 0.6 is 0 Å². The van der Waals surface area contributed by atoms with Crippen molar-refractivity contribution in [3.8, 4) is 5.75 Å². The first-order valence-electron chi connectivity index (χ1n) is 8.90. The van der Waals surface area contributed by atoms with Crippen molar-refractivity contribution in [2.75, 3.05) is 13.7 Å². The molecule has 0 unspecified atom stereocenters. The summed E-state index contributed by atoms with van der Waals surface area (Å²) in [4.78, 5) is 50.8. The minimum atomic E-state index is -1.09. The number of esters is 2. The SMILES string of the molecule is COC(=O)c1c(C)[nH]c(C(=O)[C@H](C)OC(=O)COc2cccc(C(C)=O)c2)c1C. The van der Waals surface area contributed by atoms with Gasteiger partial charge in [-0.25, -0.2) is 9.59 Å². The molecule has 1 N–H and O–H groups in total. The third-order valence-corrected chi connectivity index (χ3v) is 4.35. The minimum Gasteiger partial charge on any atom is -0.482 e. The summed E-state index contributed by atoms with van der Waals surface area (Å²) in [5, 5.41) is 0. The van der Waals surface area contributed by atoms with Gasteiger partial charge < -0.3 is 19.2 Å². The van der Waals surface area contributed by atoms with Gasteiger partial charge in [0.05, 0.1) is 18.4 Å². The Morgan fingerprint density at radius 2 is 1.83 bits per heavy atom. The number of nitrogens with one attached hydrogen (secondary N) is 1. The highest BCUT2D eigenvalue weighted by Crippen LogP contribution is 2.21. The van der Waals surface area contributed by atoms with E-state index in [0.717, 1.165) is 0 Å². The number of H-pyrrole nitrogens is 1. The highest BCUT2D eigenvalue weighted by molar-refractivity contribution is 6.04. The molecule has 0 spiro atoms. The van der Waals surface area contributed by atoms with Crippen molar-refractivity contribution in [3.63, 3.8) is 0 Å². The molecule has 0 bridgehead atoms. The number of aromatic amines is 1. The normalized spacial score (nSPS) is 11.5. The molecule has 1 aromatic heterocycles. The minimum absolute atomic E-state index is 0.125. The first-order chi connectivity index (χ1) is 13.6. The van der Waals surface area contributed by atoms with Crippen LogP contribution in [0.1, 0.15) is 56.3 Å². The molecule has 0 fully saturated rings. The van der Waals surface area contributed by atoms with Gasteiger partial charge in [-0.3, -0.25) is 9.59 Å². The number of aryl methyl sites for hydroxylation is 1. The van der Waals surface area contributed by atoms with E-state index in [1.54, 1.807) is 32.0 Å². The van der Waals surface area contributed by atoms with E-state index >= 15 is 0 Å². The Bertz CT molecular complexity index is 958. The maximum atomic E-state index is 12.6. The van der Waals surface area contributed by atoms with Crippen LogP contribution in [0.4, 0.5) is 0 Å². The van der Waals surface area contributed by atoms with Crippen LogP contribution in [0.25, 0.3) is 0 Å². The monoisotopic (exact) mass is 401 g/mol. The van der Waals surface area contributed by atoms with Crippen LogP contribution in [0.5, 0.6) is 5.75 Å². The second-order valence-corrected chi connectivity index (χ2v) is 6.49. The maximum Gasteiger partial charge on any atom is 0.344 e. The molecule has 1 aromatic carbocycles. The lowest BCUT2D eigenvalue weighted by molar-refractivity contribution is -0.148. The fraction of sp³-hybridized carbons (Fsp3) is 0.333. The van der Waals surface area contributed by atoms with Crippen molar-refractivity contribution < 1.29 is 33.4 Å². The molecule has 1 atom stereocenters. The smallest absolute Gasteiger partial charge is 0.344 e. The third-order valence-electron chi connectivity index (χ3n) is 4.35. The number of carbonyl (C=O) groups is 4. The number of ether oxygens (including phenoxy) is 3. The number of carbonyl (C=O) groups excluding carboxylic acids is 4. The van der Waals surface area contributed by atoms with Gasteiger partial charge in [0, 0.05) is 11.3 Å². The van der Waals surface area contributed by atoms with E-state index in [2.05, 4.69) is 4.98 Å². The standard InChI is InChI=1S/C21H23NO7/c1-11-18(21(26)27-5)12(2)22-19(11)20(25)14(4)29-17(24)10-28-16-8-6-7-15(9-16)13(3)23/h6-9,14,22H,10H2,1-5H3/t14-/m0/s1. The van der Waals surface area contributed by atoms with E-state index in [4.69, 9.17) is 14.2 Å². The molecule has 0 amide bonds. The van der Waals surface area contributed by atoms with Crippen molar-refractivity contribution >= 4 is 23.5 Å². The predicted molar refractivity (Wildman–Crippen MR) is 103 cm³/mol. The molecular formula is C21H23NO7. The summed E-state index contributed by atoms with van der Waals surface area (Å²) in [6.45, 7) is 5.70. The lowest BCUT2D eigenvalue weighted by atomic mass is 10.1. The molecule has 0 saturated heterocycles. The van der Waals surface area contributed by atoms with Crippen molar-refractivity contribution in [3.05, 3.63) is 52.3 Å². The number of aromatic nitrogens is 1. The Kier molecular flexibility index (Phi) is 6.93. The van der Waals surface area contributed by atoms with Crippen molar-refractivity contribution in [1.29, 1.82) is 0 Å². The molecular weight excluding hydrogens is 378 g/mol. The molecule has 0 radical (unpaired) electrons. The summed E-state index contributed by atoms with van der Waals surface area (Å²) in [6, 6.07) is 6.40. The summed E-state index contributed by atoms with van der Waals surface area (Å²) in [5.74, 6) is -1.56. The third kappa shape index (κ3) is 5.10. The quantitative estimate of drug-likeness (QED) is 0.535. The van der Waals surface area contributed by atoms with Gasteiger partial charge in [0.25, 0.3) is 0 Å². The molecule has 0 aliphatic rings. The molecule has 154 valence electrons. The average molecular weight is 401 g/mol. The Morgan fingerprint density at radius 1 is 1.14 bits per heavy atom. The molecule has 8 nitrogen and oxygen atoms in total. The number of benzene rings is 1. The Labute approximate surface area is 168 Å². The second kappa shape index (κ2) is 9.18. The summed E-state index contributed by atoms with van der Waals surface area (Å²) in [7, 11) is 1.26. The Morgan fingerprint density at radius 3 is 2.45 bits per heavy atom. The van der Waals surface area contributed by atoms with Crippen LogP contribution in [-0.2, 0) is 14.3 Å². The zero-order chi connectivity index (χ0) is 21.7. The molecule has 29 heavy (non-hydrogen) atoms. The van der Waals surface area contributed by atoms with Crippen molar-refractivity contribution in [2.45, 2.75) is 33.8 Å². The van der Waals surface area contributed by atoms with Crippen molar-refractivity contribution in [1.82, 2.24) is 4.98 Å². The lowest BCUT2D eigenvalue weighted by Crippen LogP contribution is -2.28. The second-order valence-electron chi connectivity index (χ2n) is 6.49. The Balaban J connectivity index is 2.01. The van der Waals surface area contributed by atoms with Gasteiger partial charge >= 0.3 is 11.9 Å². The van der Waals surface area contributed by atoms with E-state index in [1.165, 1.54) is 27.0 Å². The van der Waals surface area contributed by atoms with E-state index < -0.39 is 30.4 Å². The van der Waals surface area contributed by atoms with Gasteiger partial charge in [-0.2, -0.15) is 0 Å². The number of hydrogen-bond acceptors (Lipinski definition) is 7. The zero-order valence-electron chi connectivity index (χ0n) is 17.0. The maximum absolute atomic E-state index is 12.6. The summed E-state index contributed by atoms with van der Waals surface area (Å²) in [5.41, 5.74) is 1.84. The van der Waals surface area contributed by atoms with E-state index in [9.17, 15) is 19.2 Å². The first-order valence-corrected chi connectivity index (χ1v) is 8.90. The zero-order valence-corrected chi connectivity index (χ0v) is 17.0. The fourth-order valence-corrected chi connectivity index (χ4v) is 2.84. The van der Waals surface area contributed by atoms with Crippen LogP contribution in [0.3, 0.4) is 0 Å². The van der Waals surface area contributed by atoms with Gasteiger partial charge in [-0.05, 0) is 45.4 Å². The molecule has 0 aliphatic heterocycles. The fourth-order valence-electron chi connectivity index (χ4n) is 2.84. The molecule has 0 saturated carbocycles. The Hall–Kier alpha value is -3.42. The summed E-state index contributed by atoms with van der Waals surface area (Å²) in [6.07, 6.45) is -1.09. The summed E-state index contributed by atoms with van der Waals surface area (Å²) < 4.78 is 15.2. The highest BCUT2D eigenvalue weighted by Gasteiger charge is 2.27. The van der Waals surface area contributed by atoms with E-state index in [0.29, 0.717) is 22.6 Å². The number of methoxy groups -OCH3 is 1. The number of ketones is 2. The van der Waals surface area contributed by atoms with Gasteiger partial charge in [0.15, 0.2) is 18.5 Å². The summed E-state index contributed by atoms with van der Waals surface area (Å²) >= 11 is 0. The van der Waals surface area contributed by atoms with Crippen molar-refractivity contribution in [2.24, 2.45) is 0 Å². The van der Waals surface area contributed by atoms with E-state index in [-0.39, 0.29) is 17.0 Å². The van der Waals surface area contributed by atoms with Crippen LogP contribution in [0.15, 0.2) is 24.3 Å². The highest BCUT2D eigenvalue weighted by atomic mass is 16.6. The number of Topliss-reactive ketones (excluding diaryl/α,β-unsaturated/α-hetero) is 2. The van der Waals surface area contributed by atoms with Gasteiger partial charge in [-0.15, -0.1) is 0 Å². The van der Waals surface area contributed by atoms with E-state index in [1.807, 2.05) is 0 Å². The van der Waals surface area contributed by atoms with Gasteiger partial charge in [0.2, 0.25) is 5.78 Å². The first kappa shape index (κ1) is 21.9. The van der Waals surface area contributed by atoms with Gasteiger partial charge in [-0.1, -0.05) is 12.1 Å². The molecule has 8 heteroatoms. The van der Waals surface area contributed by atoms with Crippen LogP contribution < -0.4 is 4.74 Å². The average Bonchev–Trinajstić information content (AvgIpc) is 2.99. The van der Waals surface area contributed by atoms with Crippen LogP contribution in [0, 0.1) is 13.8 Å².